The van der Waals surface area contributed by atoms with E-state index in [1.54, 1.807) is 0 Å². The maximum absolute atomic E-state index is 4.93. The van der Waals surface area contributed by atoms with Gasteiger partial charge in [-0.15, -0.1) is 69.1 Å². The standard InChI is InChI=1S/2C22H25.C2H6Si.2ClH.Zr/c2*1-3-5-10-17-15-20-14-13-18(9-4-2)22(21(20)16-17)19-11-7-6-8-12-19;1-3-2;;;/h2*6-8,11-16H,3-5,9-10H2,1-2H3;1-2H3;2*1H;/q2*-1;;;;+4/p-2. The molecule has 4 heteroatoms. The Morgan fingerprint density at radius 3 is 1.20 bits per heavy atom. The van der Waals surface area contributed by atoms with E-state index in [0.717, 1.165) is 22.4 Å². The molecule has 0 bridgehead atoms. The SMILES string of the molecule is CCCCc1cc2c(-c3ccccc3)c(CCC)ccc2[cH-]1.CCCCc1cc2c(-c3ccccc3)c(CCC)ccc2[cH-]1.C[Si]C.[Cl][Zr+2][Cl]. The van der Waals surface area contributed by atoms with Gasteiger partial charge in [-0.1, -0.05) is 162 Å². The van der Waals surface area contributed by atoms with E-state index in [2.05, 4.69) is 150 Å². The third kappa shape index (κ3) is 12.5. The molecule has 0 unspecified atom stereocenters. The minimum absolute atomic E-state index is 0.826. The summed E-state index contributed by atoms with van der Waals surface area (Å²) in [5.74, 6) is 0. The van der Waals surface area contributed by atoms with E-state index < -0.39 is 20.8 Å². The summed E-state index contributed by atoms with van der Waals surface area (Å²) in [6, 6.07) is 40.6. The van der Waals surface area contributed by atoms with Crippen molar-refractivity contribution in [2.75, 3.05) is 0 Å². The Labute approximate surface area is 325 Å². The molecule has 0 aliphatic heterocycles. The molecule has 0 saturated heterocycles. The summed E-state index contributed by atoms with van der Waals surface area (Å²) in [4.78, 5) is 0. The van der Waals surface area contributed by atoms with Gasteiger partial charge in [-0.3, -0.25) is 0 Å². The zero-order valence-electron chi connectivity index (χ0n) is 31.2. The number of halogens is 2. The Morgan fingerprint density at radius 2 is 0.880 bits per heavy atom. The molecule has 0 atom stereocenters. The molecule has 0 fully saturated rings. The second-order valence-corrected chi connectivity index (χ2v) is 17.7. The molecule has 262 valence electrons. The van der Waals surface area contributed by atoms with E-state index in [9.17, 15) is 0 Å². The van der Waals surface area contributed by atoms with Gasteiger partial charge in [0.15, 0.2) is 0 Å². The van der Waals surface area contributed by atoms with Gasteiger partial charge in [-0.05, 0) is 36.8 Å². The summed E-state index contributed by atoms with van der Waals surface area (Å²) >= 11 is -0.826. The molecule has 50 heavy (non-hydrogen) atoms. The van der Waals surface area contributed by atoms with E-state index in [0.29, 0.717) is 0 Å². The van der Waals surface area contributed by atoms with E-state index in [-0.39, 0.29) is 0 Å². The second-order valence-electron chi connectivity index (χ2n) is 12.9. The van der Waals surface area contributed by atoms with Gasteiger partial charge in [-0.2, -0.15) is 12.1 Å². The van der Waals surface area contributed by atoms with Crippen LogP contribution in [0.2, 0.25) is 13.1 Å². The summed E-state index contributed by atoms with van der Waals surface area (Å²) in [5, 5.41) is 5.65. The van der Waals surface area contributed by atoms with Gasteiger partial charge in [0.1, 0.15) is 0 Å². The van der Waals surface area contributed by atoms with Gasteiger partial charge in [0.05, 0.1) is 0 Å². The fourth-order valence-corrected chi connectivity index (χ4v) is 6.68. The van der Waals surface area contributed by atoms with Crippen LogP contribution in [0.25, 0.3) is 43.8 Å². The van der Waals surface area contributed by atoms with Crippen LogP contribution in [0, 0.1) is 0 Å². The molecule has 0 nitrogen and oxygen atoms in total. The summed E-state index contributed by atoms with van der Waals surface area (Å²) in [6.45, 7) is 13.3. The van der Waals surface area contributed by atoms with Crippen LogP contribution in [0.5, 0.6) is 0 Å². The average Bonchev–Trinajstić information content (AvgIpc) is 3.75. The third-order valence-electron chi connectivity index (χ3n) is 8.87. The number of rotatable bonds is 12. The molecule has 0 aliphatic carbocycles. The number of hydrogen-bond donors (Lipinski definition) is 0. The van der Waals surface area contributed by atoms with Crippen molar-refractivity contribution in [1.82, 2.24) is 0 Å². The Kier molecular flexibility index (Phi) is 20.3. The zero-order valence-corrected chi connectivity index (χ0v) is 36.2. The van der Waals surface area contributed by atoms with Gasteiger partial charge in [0.25, 0.3) is 0 Å². The molecule has 6 rings (SSSR count). The Balaban J connectivity index is 0.000000234. The van der Waals surface area contributed by atoms with Crippen LogP contribution in [0.1, 0.15) is 88.5 Å². The summed E-state index contributed by atoms with van der Waals surface area (Å²) in [6.07, 6.45) is 12.1. The van der Waals surface area contributed by atoms with Crippen LogP contribution in [0.15, 0.2) is 109 Å². The molecule has 0 aliphatic rings. The van der Waals surface area contributed by atoms with Gasteiger partial charge >= 0.3 is 37.9 Å². The first-order valence-electron chi connectivity index (χ1n) is 18.6. The molecule has 0 heterocycles. The second kappa shape index (κ2) is 24.1. The number of fused-ring (bicyclic) bond motifs is 2. The average molecular weight is 799 g/mol. The van der Waals surface area contributed by atoms with E-state index >= 15 is 0 Å². The molecular formula is C46H56Cl2SiZr. The van der Waals surface area contributed by atoms with Crippen molar-refractivity contribution in [2.24, 2.45) is 0 Å². The van der Waals surface area contributed by atoms with Gasteiger partial charge in [-0.25, -0.2) is 0 Å². The number of benzene rings is 4. The van der Waals surface area contributed by atoms with E-state index in [4.69, 9.17) is 17.0 Å². The number of aryl methyl sites for hydroxylation is 4. The molecule has 0 amide bonds. The minimum atomic E-state index is -0.826. The summed E-state index contributed by atoms with van der Waals surface area (Å²) in [7, 11) is 11.0. The van der Waals surface area contributed by atoms with Crippen molar-refractivity contribution in [3.8, 4) is 22.3 Å². The Morgan fingerprint density at radius 1 is 0.520 bits per heavy atom. The molecule has 0 saturated carbocycles. The van der Waals surface area contributed by atoms with Crippen LogP contribution in [0.4, 0.5) is 0 Å². The third-order valence-corrected chi connectivity index (χ3v) is 8.87. The fourth-order valence-electron chi connectivity index (χ4n) is 6.68. The predicted molar refractivity (Wildman–Crippen MR) is 224 cm³/mol. The van der Waals surface area contributed by atoms with E-state index in [1.165, 1.54) is 117 Å². The Hall–Kier alpha value is -2.22. The number of unbranched alkanes of at least 4 members (excludes halogenated alkanes) is 2. The molecule has 0 aromatic heterocycles. The zero-order chi connectivity index (χ0) is 36.1. The van der Waals surface area contributed by atoms with Crippen molar-refractivity contribution in [3.63, 3.8) is 0 Å². The monoisotopic (exact) mass is 796 g/mol. The van der Waals surface area contributed by atoms with E-state index in [1.807, 2.05) is 0 Å². The van der Waals surface area contributed by atoms with Crippen molar-refractivity contribution in [3.05, 3.63) is 131 Å². The first-order chi connectivity index (χ1) is 24.5. The maximum atomic E-state index is 4.93. The van der Waals surface area contributed by atoms with Crippen LogP contribution >= 0.6 is 17.0 Å². The van der Waals surface area contributed by atoms with Crippen LogP contribution in [-0.4, -0.2) is 9.52 Å². The van der Waals surface area contributed by atoms with Crippen LogP contribution in [-0.2, 0) is 46.5 Å². The molecular weight excluding hydrogens is 743 g/mol. The van der Waals surface area contributed by atoms with Crippen molar-refractivity contribution < 1.29 is 20.8 Å². The summed E-state index contributed by atoms with van der Waals surface area (Å²) in [5.41, 5.74) is 11.5. The van der Waals surface area contributed by atoms with Crippen LogP contribution < -0.4 is 0 Å². The van der Waals surface area contributed by atoms with Crippen molar-refractivity contribution in [1.29, 1.82) is 0 Å². The molecule has 0 N–H and O–H groups in total. The topological polar surface area (TPSA) is 0 Å². The molecule has 6 aromatic rings. The number of hydrogen-bond acceptors (Lipinski definition) is 0. The molecule has 2 radical (unpaired) electrons. The van der Waals surface area contributed by atoms with Gasteiger partial charge in [0, 0.05) is 9.52 Å². The van der Waals surface area contributed by atoms with Gasteiger partial charge < -0.3 is 0 Å². The van der Waals surface area contributed by atoms with Crippen molar-refractivity contribution in [2.45, 2.75) is 105 Å². The Bertz CT molecular complexity index is 1650. The predicted octanol–water partition coefficient (Wildman–Crippen LogP) is 15.2. The van der Waals surface area contributed by atoms with Crippen LogP contribution in [0.3, 0.4) is 0 Å². The van der Waals surface area contributed by atoms with Crippen molar-refractivity contribution >= 4 is 48.1 Å². The fraction of sp³-hybridized carbons (Fsp3) is 0.348. The summed E-state index contributed by atoms with van der Waals surface area (Å²) < 4.78 is 0. The molecule has 6 aromatic carbocycles. The van der Waals surface area contributed by atoms with Gasteiger partial charge in [0.2, 0.25) is 0 Å². The molecule has 0 spiro atoms. The normalized spacial score (nSPS) is 10.4. The quantitative estimate of drug-likeness (QED) is 0.0854. The first-order valence-corrected chi connectivity index (χ1v) is 26.9. The first kappa shape index (κ1) is 42.2.